The summed E-state index contributed by atoms with van der Waals surface area (Å²) in [6.45, 7) is 2.12. The van der Waals surface area contributed by atoms with Crippen molar-refractivity contribution in [3.63, 3.8) is 0 Å². The minimum absolute atomic E-state index is 0.316. The van der Waals surface area contributed by atoms with Gasteiger partial charge in [-0.1, -0.05) is 60.7 Å². The van der Waals surface area contributed by atoms with E-state index >= 15 is 0 Å². The normalized spacial score (nSPS) is 10.8. The highest BCUT2D eigenvalue weighted by Crippen LogP contribution is 2.16. The lowest BCUT2D eigenvalue weighted by atomic mass is 10.1. The number of aryl methyl sites for hydroxylation is 1. The third kappa shape index (κ3) is 3.19. The molecule has 0 atom stereocenters. The fraction of sp³-hybridized carbons (Fsp3) is 0.105. The van der Waals surface area contributed by atoms with Crippen LogP contribution >= 0.6 is 0 Å². The molecule has 0 saturated heterocycles. The van der Waals surface area contributed by atoms with Gasteiger partial charge in [-0.05, 0) is 35.8 Å². The molecule has 1 aromatic heterocycles. The van der Waals surface area contributed by atoms with E-state index in [2.05, 4.69) is 35.4 Å². The van der Waals surface area contributed by atoms with Crippen LogP contribution in [0.15, 0.2) is 54.6 Å². The van der Waals surface area contributed by atoms with Crippen LogP contribution < -0.4 is 0 Å². The van der Waals surface area contributed by atoms with E-state index in [1.165, 1.54) is 5.56 Å². The van der Waals surface area contributed by atoms with Crippen molar-refractivity contribution < 1.29 is 0 Å². The second-order valence-corrected chi connectivity index (χ2v) is 5.11. The summed E-state index contributed by atoms with van der Waals surface area (Å²) >= 11 is 0. The minimum Gasteiger partial charge on any atom is -0.212 e. The predicted molar refractivity (Wildman–Crippen MR) is 90.8 cm³/mol. The van der Waals surface area contributed by atoms with Gasteiger partial charge < -0.3 is 0 Å². The zero-order valence-electron chi connectivity index (χ0n) is 12.8. The highest BCUT2D eigenvalue weighted by atomic mass is 15.4. The van der Waals surface area contributed by atoms with Gasteiger partial charge in [0.05, 0.1) is 5.69 Å². The van der Waals surface area contributed by atoms with Gasteiger partial charge >= 0.3 is 0 Å². The molecule has 0 fully saturated rings. The van der Waals surface area contributed by atoms with Crippen LogP contribution in [-0.4, -0.2) is 15.0 Å². The summed E-state index contributed by atoms with van der Waals surface area (Å²) in [7, 11) is 0. The Morgan fingerprint density at radius 3 is 2.43 bits per heavy atom. The van der Waals surface area contributed by atoms with Gasteiger partial charge in [-0.15, -0.1) is 5.10 Å². The van der Waals surface area contributed by atoms with Crippen LogP contribution in [0.1, 0.15) is 29.4 Å². The predicted octanol–water partition coefficient (Wildman–Crippen LogP) is 3.87. The first-order chi connectivity index (χ1) is 11.3. The number of nitrogens with zero attached hydrogens (tertiary/aromatic N) is 4. The molecule has 4 nitrogen and oxygen atoms in total. The number of benzene rings is 2. The number of rotatable bonds is 4. The molecular formula is C19H16N4. The average Bonchev–Trinajstić information content (AvgIpc) is 3.04. The Morgan fingerprint density at radius 2 is 1.78 bits per heavy atom. The maximum atomic E-state index is 9.26. The first-order valence-corrected chi connectivity index (χ1v) is 7.50. The van der Waals surface area contributed by atoms with Crippen molar-refractivity contribution in [3.05, 3.63) is 77.1 Å². The van der Waals surface area contributed by atoms with Crippen LogP contribution in [0, 0.1) is 11.3 Å². The van der Waals surface area contributed by atoms with E-state index in [1.807, 2.05) is 54.6 Å². The van der Waals surface area contributed by atoms with E-state index in [4.69, 9.17) is 0 Å². The van der Waals surface area contributed by atoms with E-state index < -0.39 is 0 Å². The molecule has 0 saturated carbocycles. The summed E-state index contributed by atoms with van der Waals surface area (Å²) < 4.78 is 1.69. The monoisotopic (exact) mass is 300 g/mol. The zero-order valence-corrected chi connectivity index (χ0v) is 12.8. The van der Waals surface area contributed by atoms with E-state index in [1.54, 1.807) is 4.68 Å². The lowest BCUT2D eigenvalue weighted by Gasteiger charge is -2.04. The van der Waals surface area contributed by atoms with Crippen molar-refractivity contribution in [2.24, 2.45) is 0 Å². The summed E-state index contributed by atoms with van der Waals surface area (Å²) in [6.07, 6.45) is 4.82. The second-order valence-electron chi connectivity index (χ2n) is 5.11. The first-order valence-electron chi connectivity index (χ1n) is 7.50. The highest BCUT2D eigenvalue weighted by molar-refractivity contribution is 5.70. The van der Waals surface area contributed by atoms with Crippen LogP contribution in [-0.2, 0) is 6.42 Å². The Kier molecular flexibility index (Phi) is 4.30. The largest absolute Gasteiger partial charge is 0.212 e. The molecule has 23 heavy (non-hydrogen) atoms. The van der Waals surface area contributed by atoms with Crippen LogP contribution in [0.4, 0.5) is 0 Å². The molecule has 0 aliphatic heterocycles. The Bertz CT molecular complexity index is 853. The molecule has 0 aliphatic rings. The van der Waals surface area contributed by atoms with Crippen LogP contribution in [0.2, 0.25) is 0 Å². The average molecular weight is 300 g/mol. The molecule has 4 heteroatoms. The van der Waals surface area contributed by atoms with Gasteiger partial charge in [0.2, 0.25) is 0 Å². The van der Waals surface area contributed by atoms with Crippen molar-refractivity contribution >= 4 is 12.2 Å². The summed E-state index contributed by atoms with van der Waals surface area (Å²) in [6, 6.07) is 20.2. The van der Waals surface area contributed by atoms with Crippen molar-refractivity contribution in [1.82, 2.24) is 15.0 Å². The Labute approximate surface area is 135 Å². The van der Waals surface area contributed by atoms with Crippen molar-refractivity contribution in [2.45, 2.75) is 13.3 Å². The maximum absolute atomic E-state index is 9.26. The SMILES string of the molecule is CCc1ccc(-n2nnc(C#N)c2/C=C/c2ccccc2)cc1. The Hall–Kier alpha value is -3.19. The van der Waals surface area contributed by atoms with Gasteiger partial charge in [0, 0.05) is 0 Å². The second kappa shape index (κ2) is 6.71. The third-order valence-electron chi connectivity index (χ3n) is 3.63. The molecule has 0 radical (unpaired) electrons. The number of hydrogen-bond acceptors (Lipinski definition) is 3. The molecule has 0 amide bonds. The van der Waals surface area contributed by atoms with Gasteiger partial charge in [0.1, 0.15) is 11.8 Å². The molecule has 0 aliphatic carbocycles. The fourth-order valence-corrected chi connectivity index (χ4v) is 2.32. The van der Waals surface area contributed by atoms with E-state index in [-0.39, 0.29) is 0 Å². The standard InChI is InChI=1S/C19H16N4/c1-2-15-8-11-17(12-9-15)23-19(18(14-20)21-22-23)13-10-16-6-4-3-5-7-16/h3-13H,2H2,1H3/b13-10+. The molecule has 0 N–H and O–H groups in total. The van der Waals surface area contributed by atoms with Gasteiger partial charge in [-0.2, -0.15) is 5.26 Å². The summed E-state index contributed by atoms with van der Waals surface area (Å²) in [5.41, 5.74) is 4.21. The summed E-state index contributed by atoms with van der Waals surface area (Å²) in [5.74, 6) is 0. The first kappa shape index (κ1) is 14.7. The molecule has 0 unspecified atom stereocenters. The van der Waals surface area contributed by atoms with Gasteiger partial charge in [0.15, 0.2) is 5.69 Å². The lowest BCUT2D eigenvalue weighted by Crippen LogP contribution is -1.99. The van der Waals surface area contributed by atoms with Crippen LogP contribution in [0.3, 0.4) is 0 Å². The number of hydrogen-bond donors (Lipinski definition) is 0. The molecule has 0 bridgehead atoms. The molecule has 112 valence electrons. The van der Waals surface area contributed by atoms with E-state index in [9.17, 15) is 5.26 Å². The number of aromatic nitrogens is 3. The minimum atomic E-state index is 0.316. The summed E-state index contributed by atoms with van der Waals surface area (Å²) in [4.78, 5) is 0. The topological polar surface area (TPSA) is 54.5 Å². The van der Waals surface area contributed by atoms with Crippen molar-refractivity contribution in [3.8, 4) is 11.8 Å². The van der Waals surface area contributed by atoms with Gasteiger partial charge in [-0.3, -0.25) is 0 Å². The smallest absolute Gasteiger partial charge is 0.190 e. The molecular weight excluding hydrogens is 284 g/mol. The van der Waals surface area contributed by atoms with E-state index in [0.29, 0.717) is 11.4 Å². The molecule has 1 heterocycles. The van der Waals surface area contributed by atoms with Crippen molar-refractivity contribution in [2.75, 3.05) is 0 Å². The lowest BCUT2D eigenvalue weighted by molar-refractivity contribution is 0.797. The molecule has 3 rings (SSSR count). The van der Waals surface area contributed by atoms with Crippen LogP contribution in [0.25, 0.3) is 17.8 Å². The molecule has 0 spiro atoms. The van der Waals surface area contributed by atoms with Crippen LogP contribution in [0.5, 0.6) is 0 Å². The zero-order chi connectivity index (χ0) is 16.1. The molecule has 2 aromatic carbocycles. The van der Waals surface area contributed by atoms with Crippen molar-refractivity contribution in [1.29, 1.82) is 5.26 Å². The number of nitriles is 1. The van der Waals surface area contributed by atoms with Gasteiger partial charge in [0.25, 0.3) is 0 Å². The highest BCUT2D eigenvalue weighted by Gasteiger charge is 2.11. The third-order valence-corrected chi connectivity index (χ3v) is 3.63. The fourth-order valence-electron chi connectivity index (χ4n) is 2.32. The van der Waals surface area contributed by atoms with E-state index in [0.717, 1.165) is 17.7 Å². The van der Waals surface area contributed by atoms with Gasteiger partial charge in [-0.25, -0.2) is 4.68 Å². The maximum Gasteiger partial charge on any atom is 0.190 e. The summed E-state index contributed by atoms with van der Waals surface area (Å²) in [5, 5.41) is 17.3. The quantitative estimate of drug-likeness (QED) is 0.735. The Morgan fingerprint density at radius 1 is 1.04 bits per heavy atom. The Balaban J connectivity index is 2.00. The molecule has 3 aromatic rings.